The first-order valence-electron chi connectivity index (χ1n) is 6.01. The van der Waals surface area contributed by atoms with Crippen LogP contribution in [-0.4, -0.2) is 34.6 Å². The number of nitrogens with zero attached hydrogens (tertiary/aromatic N) is 1. The maximum absolute atomic E-state index is 12.2. The van der Waals surface area contributed by atoms with Crippen LogP contribution in [0.15, 0.2) is 22.0 Å². The van der Waals surface area contributed by atoms with E-state index in [1.165, 1.54) is 20.3 Å². The summed E-state index contributed by atoms with van der Waals surface area (Å²) in [6, 6.07) is 2.94. The number of sulfonamides is 1. The largest absolute Gasteiger partial charge is 0.493 e. The molecule has 110 valence electrons. The van der Waals surface area contributed by atoms with Gasteiger partial charge in [-0.25, -0.2) is 18.1 Å². The standard InChI is InChI=1S/C12H17N3O4S/c1-7(2)13-12-14-8-5-9(18-3)10(19-4)6-11(8)20(16,17)15-12/h5-7H,1-4H3,(H2,13,14,15). The van der Waals surface area contributed by atoms with Crippen LogP contribution >= 0.6 is 0 Å². The van der Waals surface area contributed by atoms with Crippen molar-refractivity contribution in [2.75, 3.05) is 19.5 Å². The number of hydrogen-bond acceptors (Lipinski definition) is 5. The van der Waals surface area contributed by atoms with Crippen molar-refractivity contribution in [1.82, 2.24) is 4.72 Å². The Morgan fingerprint density at radius 2 is 1.75 bits per heavy atom. The molecule has 0 atom stereocenters. The molecule has 0 fully saturated rings. The Hall–Kier alpha value is -1.96. The van der Waals surface area contributed by atoms with Crippen LogP contribution in [0.4, 0.5) is 5.69 Å². The number of anilines is 1. The van der Waals surface area contributed by atoms with Crippen molar-refractivity contribution in [2.24, 2.45) is 4.99 Å². The number of ether oxygens (including phenoxy) is 2. The Kier molecular flexibility index (Phi) is 3.76. The highest BCUT2D eigenvalue weighted by Gasteiger charge is 2.28. The highest BCUT2D eigenvalue weighted by Crippen LogP contribution is 2.36. The van der Waals surface area contributed by atoms with E-state index in [0.29, 0.717) is 17.2 Å². The molecule has 0 spiro atoms. The van der Waals surface area contributed by atoms with E-state index >= 15 is 0 Å². The molecule has 0 unspecified atom stereocenters. The number of aliphatic imine (C=N–C) groups is 1. The Bertz CT molecular complexity index is 653. The van der Waals surface area contributed by atoms with Crippen LogP contribution in [0.5, 0.6) is 11.5 Å². The number of fused-ring (bicyclic) bond motifs is 1. The minimum absolute atomic E-state index is 0.0399. The van der Waals surface area contributed by atoms with Crippen LogP contribution in [0.2, 0.25) is 0 Å². The van der Waals surface area contributed by atoms with Crippen LogP contribution in [0.25, 0.3) is 0 Å². The minimum Gasteiger partial charge on any atom is -0.493 e. The van der Waals surface area contributed by atoms with Crippen molar-refractivity contribution < 1.29 is 17.9 Å². The number of benzene rings is 1. The summed E-state index contributed by atoms with van der Waals surface area (Å²) in [4.78, 5) is 4.27. The molecule has 7 nitrogen and oxygen atoms in total. The molecule has 2 rings (SSSR count). The van der Waals surface area contributed by atoms with Gasteiger partial charge in [-0.15, -0.1) is 0 Å². The predicted octanol–water partition coefficient (Wildman–Crippen LogP) is 1.17. The van der Waals surface area contributed by atoms with E-state index in [2.05, 4.69) is 15.0 Å². The van der Waals surface area contributed by atoms with E-state index in [9.17, 15) is 8.42 Å². The average molecular weight is 299 g/mol. The van der Waals surface area contributed by atoms with Crippen molar-refractivity contribution in [3.05, 3.63) is 12.1 Å². The third-order valence-corrected chi connectivity index (χ3v) is 4.03. The average Bonchev–Trinajstić information content (AvgIpc) is 2.35. The van der Waals surface area contributed by atoms with Crippen LogP contribution in [0.3, 0.4) is 0 Å². The monoisotopic (exact) mass is 299 g/mol. The minimum atomic E-state index is -3.67. The molecule has 0 aliphatic carbocycles. The molecule has 0 saturated heterocycles. The number of guanidine groups is 1. The molecule has 0 amide bonds. The summed E-state index contributed by atoms with van der Waals surface area (Å²) in [5.41, 5.74) is 0.404. The lowest BCUT2D eigenvalue weighted by atomic mass is 10.2. The Morgan fingerprint density at radius 3 is 2.30 bits per heavy atom. The maximum Gasteiger partial charge on any atom is 0.266 e. The van der Waals surface area contributed by atoms with Gasteiger partial charge in [-0.05, 0) is 13.8 Å². The number of nitrogens with one attached hydrogen (secondary N) is 2. The van der Waals surface area contributed by atoms with Crippen LogP contribution in [0.1, 0.15) is 13.8 Å². The zero-order valence-electron chi connectivity index (χ0n) is 11.7. The van der Waals surface area contributed by atoms with Crippen molar-refractivity contribution in [3.8, 4) is 11.5 Å². The molecule has 0 radical (unpaired) electrons. The molecular formula is C12H17N3O4S. The zero-order valence-corrected chi connectivity index (χ0v) is 12.5. The lowest BCUT2D eigenvalue weighted by Crippen LogP contribution is -2.41. The smallest absolute Gasteiger partial charge is 0.266 e. The lowest BCUT2D eigenvalue weighted by molar-refractivity contribution is 0.354. The third kappa shape index (κ3) is 2.64. The van der Waals surface area contributed by atoms with Gasteiger partial charge < -0.3 is 14.8 Å². The van der Waals surface area contributed by atoms with Crippen molar-refractivity contribution in [1.29, 1.82) is 0 Å². The second-order valence-corrected chi connectivity index (χ2v) is 6.16. The summed E-state index contributed by atoms with van der Waals surface area (Å²) in [5, 5.41) is 2.93. The van der Waals surface area contributed by atoms with Crippen LogP contribution < -0.4 is 19.5 Å². The fourth-order valence-electron chi connectivity index (χ4n) is 1.83. The predicted molar refractivity (Wildman–Crippen MR) is 76.1 cm³/mol. The normalized spacial score (nSPS) is 18.1. The van der Waals surface area contributed by atoms with Crippen molar-refractivity contribution in [2.45, 2.75) is 24.8 Å². The quantitative estimate of drug-likeness (QED) is 0.874. The Morgan fingerprint density at radius 1 is 1.15 bits per heavy atom. The van der Waals surface area contributed by atoms with Gasteiger partial charge in [0.2, 0.25) is 5.96 Å². The second kappa shape index (κ2) is 5.20. The molecule has 1 heterocycles. The molecule has 1 aromatic carbocycles. The zero-order chi connectivity index (χ0) is 14.9. The molecule has 1 aliphatic heterocycles. The van der Waals surface area contributed by atoms with E-state index in [1.54, 1.807) is 6.07 Å². The first-order chi connectivity index (χ1) is 9.37. The van der Waals surface area contributed by atoms with Crippen LogP contribution in [-0.2, 0) is 10.0 Å². The van der Waals surface area contributed by atoms with Crippen LogP contribution in [0, 0.1) is 0 Å². The molecular weight excluding hydrogens is 282 g/mol. The van der Waals surface area contributed by atoms with Gasteiger partial charge >= 0.3 is 0 Å². The lowest BCUT2D eigenvalue weighted by Gasteiger charge is -2.23. The Balaban J connectivity index is 2.58. The van der Waals surface area contributed by atoms with Gasteiger partial charge in [-0.3, -0.25) is 0 Å². The van der Waals surface area contributed by atoms with E-state index in [0.717, 1.165) is 0 Å². The van der Waals surface area contributed by atoms with Gasteiger partial charge in [0, 0.05) is 18.2 Å². The van der Waals surface area contributed by atoms with Gasteiger partial charge in [0.1, 0.15) is 4.90 Å². The molecule has 0 aromatic heterocycles. The molecule has 8 heteroatoms. The fraction of sp³-hybridized carbons (Fsp3) is 0.417. The highest BCUT2D eigenvalue weighted by molar-refractivity contribution is 7.90. The first-order valence-corrected chi connectivity index (χ1v) is 7.49. The van der Waals surface area contributed by atoms with Crippen molar-refractivity contribution >= 4 is 21.7 Å². The summed E-state index contributed by atoms with van der Waals surface area (Å²) < 4.78 is 37.1. The summed E-state index contributed by atoms with van der Waals surface area (Å²) in [5.74, 6) is 0.988. The first kappa shape index (κ1) is 14.4. The van der Waals surface area contributed by atoms with Gasteiger partial charge in [0.05, 0.1) is 19.9 Å². The maximum atomic E-state index is 12.2. The van der Waals surface area contributed by atoms with Gasteiger partial charge in [-0.1, -0.05) is 0 Å². The summed E-state index contributed by atoms with van der Waals surface area (Å²) >= 11 is 0. The third-order valence-electron chi connectivity index (χ3n) is 2.65. The van der Waals surface area contributed by atoms with E-state index in [4.69, 9.17) is 9.47 Å². The van der Waals surface area contributed by atoms with Gasteiger partial charge in [0.25, 0.3) is 10.0 Å². The number of methoxy groups -OCH3 is 2. The van der Waals surface area contributed by atoms with Crippen molar-refractivity contribution in [3.63, 3.8) is 0 Å². The second-order valence-electron chi connectivity index (χ2n) is 4.51. The van der Waals surface area contributed by atoms with E-state index in [-0.39, 0.29) is 16.9 Å². The molecule has 2 N–H and O–H groups in total. The number of hydrogen-bond donors (Lipinski definition) is 2. The SMILES string of the molecule is COc1cc2c(cc1OC)S(=O)(=O)NC(=NC(C)C)N2. The highest BCUT2D eigenvalue weighted by atomic mass is 32.2. The molecule has 1 aromatic rings. The molecule has 1 aliphatic rings. The Labute approximate surface area is 118 Å². The summed E-state index contributed by atoms with van der Waals surface area (Å²) in [6.07, 6.45) is 0. The van der Waals surface area contributed by atoms with Gasteiger partial charge in [0.15, 0.2) is 11.5 Å². The van der Waals surface area contributed by atoms with Gasteiger partial charge in [-0.2, -0.15) is 0 Å². The molecule has 0 bridgehead atoms. The summed E-state index contributed by atoms with van der Waals surface area (Å²) in [7, 11) is -0.734. The fourth-order valence-corrected chi connectivity index (χ4v) is 2.96. The topological polar surface area (TPSA) is 89.0 Å². The van der Waals surface area contributed by atoms with E-state index < -0.39 is 10.0 Å². The molecule has 0 saturated carbocycles. The molecule has 20 heavy (non-hydrogen) atoms. The van der Waals surface area contributed by atoms with E-state index in [1.807, 2.05) is 13.8 Å². The summed E-state index contributed by atoms with van der Waals surface area (Å²) in [6.45, 7) is 3.71. The number of rotatable bonds is 3.